The van der Waals surface area contributed by atoms with Crippen molar-refractivity contribution >= 4 is 6.21 Å². The minimum atomic E-state index is 1.50. The summed E-state index contributed by atoms with van der Waals surface area (Å²) in [5.41, 5.74) is 0. The highest BCUT2D eigenvalue weighted by atomic mass is 14.6. The maximum absolute atomic E-state index is 3.61. The standard InChI is InChI=1S/C4H7N.C3H6.C2H6/c1-3-5-4-2;1-3-2;1-2/h3-4H,1H2,2H3;3H,1H2,2H3;1-2H3. The van der Waals surface area contributed by atoms with Crippen molar-refractivity contribution in [2.45, 2.75) is 27.7 Å². The van der Waals surface area contributed by atoms with E-state index in [0.29, 0.717) is 0 Å². The quantitative estimate of drug-likeness (QED) is 0.392. The van der Waals surface area contributed by atoms with Crippen molar-refractivity contribution < 1.29 is 0 Å². The first kappa shape index (κ1) is 16.1. The van der Waals surface area contributed by atoms with Gasteiger partial charge in [-0.1, -0.05) is 26.5 Å². The van der Waals surface area contributed by atoms with Crippen LogP contribution in [0.3, 0.4) is 0 Å². The van der Waals surface area contributed by atoms with Crippen LogP contribution in [0.15, 0.2) is 30.4 Å². The van der Waals surface area contributed by atoms with Gasteiger partial charge >= 0.3 is 0 Å². The summed E-state index contributed by atoms with van der Waals surface area (Å²) in [5, 5.41) is 0. The van der Waals surface area contributed by atoms with Crippen LogP contribution in [0.25, 0.3) is 0 Å². The third-order valence-electron chi connectivity index (χ3n) is 0.254. The first-order valence-corrected chi connectivity index (χ1v) is 3.49. The van der Waals surface area contributed by atoms with E-state index < -0.39 is 0 Å². The molecule has 0 N–H and O–H groups in total. The lowest BCUT2D eigenvalue weighted by Gasteiger charge is -1.58. The Bertz CT molecular complexity index is 72.8. The SMILES string of the molecule is C=CC.C=CN=CC.CC. The van der Waals surface area contributed by atoms with Crippen LogP contribution in [0.2, 0.25) is 0 Å². The zero-order valence-electron chi connectivity index (χ0n) is 7.59. The summed E-state index contributed by atoms with van der Waals surface area (Å²) in [6, 6.07) is 0. The number of hydrogen-bond donors (Lipinski definition) is 0. The minimum Gasteiger partial charge on any atom is -0.270 e. The second-order valence-corrected chi connectivity index (χ2v) is 0.998. The van der Waals surface area contributed by atoms with E-state index >= 15 is 0 Å². The van der Waals surface area contributed by atoms with Crippen molar-refractivity contribution in [2.24, 2.45) is 4.99 Å². The molecular formula is C9H19N. The normalized spacial score (nSPS) is 6.40. The summed E-state index contributed by atoms with van der Waals surface area (Å²) in [6.45, 7) is 14.5. The molecule has 1 nitrogen and oxygen atoms in total. The van der Waals surface area contributed by atoms with Crippen molar-refractivity contribution in [1.29, 1.82) is 0 Å². The van der Waals surface area contributed by atoms with Crippen LogP contribution in [0.4, 0.5) is 0 Å². The third-order valence-corrected chi connectivity index (χ3v) is 0.254. The fourth-order valence-corrected chi connectivity index (χ4v) is 0.105. The molecule has 0 aliphatic carbocycles. The molecule has 0 radical (unpaired) electrons. The van der Waals surface area contributed by atoms with Gasteiger partial charge in [0.05, 0.1) is 0 Å². The lowest BCUT2D eigenvalue weighted by atomic mass is 10.8. The van der Waals surface area contributed by atoms with E-state index in [1.165, 1.54) is 6.20 Å². The first-order valence-electron chi connectivity index (χ1n) is 3.49. The fourth-order valence-electron chi connectivity index (χ4n) is 0.105. The second-order valence-electron chi connectivity index (χ2n) is 0.998. The molecule has 0 bridgehead atoms. The molecule has 0 atom stereocenters. The Labute approximate surface area is 65.2 Å². The number of aliphatic imine (C=N–C) groups is 1. The maximum atomic E-state index is 3.61. The monoisotopic (exact) mass is 141 g/mol. The van der Waals surface area contributed by atoms with Gasteiger partial charge < -0.3 is 0 Å². The number of rotatable bonds is 1. The van der Waals surface area contributed by atoms with Gasteiger partial charge in [0.15, 0.2) is 0 Å². The van der Waals surface area contributed by atoms with Gasteiger partial charge in [-0.05, 0) is 13.8 Å². The van der Waals surface area contributed by atoms with E-state index in [2.05, 4.69) is 18.2 Å². The molecule has 0 rings (SSSR count). The summed E-state index contributed by atoms with van der Waals surface area (Å²) in [5.74, 6) is 0. The van der Waals surface area contributed by atoms with Gasteiger partial charge in [-0.25, -0.2) is 0 Å². The molecule has 0 aromatic heterocycles. The molecule has 0 fully saturated rings. The number of allylic oxidation sites excluding steroid dienone is 1. The van der Waals surface area contributed by atoms with Gasteiger partial charge in [-0.15, -0.1) is 6.58 Å². The van der Waals surface area contributed by atoms with Crippen molar-refractivity contribution in [3.8, 4) is 0 Å². The number of hydrogen-bond acceptors (Lipinski definition) is 1. The summed E-state index contributed by atoms with van der Waals surface area (Å²) >= 11 is 0. The van der Waals surface area contributed by atoms with E-state index in [4.69, 9.17) is 0 Å². The molecule has 0 unspecified atom stereocenters. The molecule has 0 saturated heterocycles. The summed E-state index contributed by atoms with van der Waals surface area (Å²) in [4.78, 5) is 3.61. The van der Waals surface area contributed by atoms with E-state index in [1.54, 1.807) is 12.3 Å². The van der Waals surface area contributed by atoms with Crippen LogP contribution < -0.4 is 0 Å². The highest BCUT2D eigenvalue weighted by Gasteiger charge is 1.40. The van der Waals surface area contributed by atoms with Gasteiger partial charge in [0.1, 0.15) is 0 Å². The Morgan fingerprint density at radius 3 is 1.40 bits per heavy atom. The minimum absolute atomic E-state index is 1.50. The Morgan fingerprint density at radius 2 is 1.40 bits per heavy atom. The highest BCUT2D eigenvalue weighted by molar-refractivity contribution is 5.53. The molecule has 0 spiro atoms. The predicted octanol–water partition coefficient (Wildman–Crippen LogP) is 3.44. The van der Waals surface area contributed by atoms with Crippen LogP contribution in [-0.4, -0.2) is 6.21 Å². The average molecular weight is 141 g/mol. The van der Waals surface area contributed by atoms with Gasteiger partial charge in [-0.3, -0.25) is 4.99 Å². The molecule has 10 heavy (non-hydrogen) atoms. The van der Waals surface area contributed by atoms with Crippen molar-refractivity contribution in [1.82, 2.24) is 0 Å². The number of nitrogens with zero attached hydrogens (tertiary/aromatic N) is 1. The van der Waals surface area contributed by atoms with E-state index in [9.17, 15) is 0 Å². The van der Waals surface area contributed by atoms with E-state index in [1.807, 2.05) is 27.7 Å². The smallest absolute Gasteiger partial charge is 0.0191 e. The zero-order valence-corrected chi connectivity index (χ0v) is 7.59. The molecule has 0 saturated carbocycles. The molecule has 60 valence electrons. The fraction of sp³-hybridized carbons (Fsp3) is 0.444. The molecule has 0 heterocycles. The first-order chi connectivity index (χ1) is 4.83. The highest BCUT2D eigenvalue weighted by Crippen LogP contribution is 1.57. The second kappa shape index (κ2) is 42.0. The zero-order chi connectivity index (χ0) is 8.83. The van der Waals surface area contributed by atoms with E-state index in [0.717, 1.165) is 0 Å². The van der Waals surface area contributed by atoms with Crippen LogP contribution >= 0.6 is 0 Å². The Hall–Kier alpha value is -0.850. The molecule has 0 aromatic rings. The summed E-state index contributed by atoms with van der Waals surface area (Å²) in [7, 11) is 0. The van der Waals surface area contributed by atoms with Crippen molar-refractivity contribution in [3.63, 3.8) is 0 Å². The van der Waals surface area contributed by atoms with Gasteiger partial charge in [0.2, 0.25) is 0 Å². The van der Waals surface area contributed by atoms with Crippen LogP contribution in [-0.2, 0) is 0 Å². The lowest BCUT2D eigenvalue weighted by Crippen LogP contribution is -1.46. The Kier molecular flexibility index (Phi) is 67.5. The van der Waals surface area contributed by atoms with Crippen molar-refractivity contribution in [3.05, 3.63) is 25.4 Å². The molecule has 0 aromatic carbocycles. The summed E-state index contributed by atoms with van der Waals surface area (Å²) < 4.78 is 0. The molecular weight excluding hydrogens is 122 g/mol. The lowest BCUT2D eigenvalue weighted by molar-refractivity contribution is 1.50. The molecule has 0 aliphatic rings. The summed E-state index contributed by atoms with van der Waals surface area (Å²) in [6.07, 6.45) is 4.94. The largest absolute Gasteiger partial charge is 0.270 e. The van der Waals surface area contributed by atoms with Crippen molar-refractivity contribution in [2.75, 3.05) is 0 Å². The maximum Gasteiger partial charge on any atom is 0.0191 e. The Balaban J connectivity index is -0.0000000847. The average Bonchev–Trinajstić information content (AvgIpc) is 1.96. The van der Waals surface area contributed by atoms with Gasteiger partial charge in [0.25, 0.3) is 0 Å². The predicted molar refractivity (Wildman–Crippen MR) is 51.6 cm³/mol. The van der Waals surface area contributed by atoms with Gasteiger partial charge in [0, 0.05) is 12.4 Å². The Morgan fingerprint density at radius 1 is 1.10 bits per heavy atom. The molecule has 0 amide bonds. The molecule has 0 aliphatic heterocycles. The van der Waals surface area contributed by atoms with Crippen LogP contribution in [0.1, 0.15) is 27.7 Å². The van der Waals surface area contributed by atoms with Crippen LogP contribution in [0, 0.1) is 0 Å². The topological polar surface area (TPSA) is 12.4 Å². The van der Waals surface area contributed by atoms with Crippen LogP contribution in [0.5, 0.6) is 0 Å². The third kappa shape index (κ3) is 204. The van der Waals surface area contributed by atoms with Gasteiger partial charge in [-0.2, -0.15) is 0 Å². The van der Waals surface area contributed by atoms with E-state index in [-0.39, 0.29) is 0 Å². The molecule has 1 heteroatoms.